The zero-order chi connectivity index (χ0) is 22.6. The Bertz CT molecular complexity index is 860. The van der Waals surface area contributed by atoms with Crippen LogP contribution in [0.1, 0.15) is 88.0 Å². The van der Waals surface area contributed by atoms with E-state index in [2.05, 4.69) is 18.0 Å². The van der Waals surface area contributed by atoms with Gasteiger partial charge in [0.25, 0.3) is 0 Å². The lowest BCUT2D eigenvalue weighted by molar-refractivity contribution is -0.140. The van der Waals surface area contributed by atoms with Crippen LogP contribution in [0.5, 0.6) is 5.75 Å². The Morgan fingerprint density at radius 2 is 1.75 bits per heavy atom. The van der Waals surface area contributed by atoms with E-state index in [0.29, 0.717) is 11.3 Å². The van der Waals surface area contributed by atoms with Crippen molar-refractivity contribution in [3.05, 3.63) is 59.4 Å². The van der Waals surface area contributed by atoms with E-state index in [9.17, 15) is 4.79 Å². The van der Waals surface area contributed by atoms with Gasteiger partial charge >= 0.3 is 5.97 Å². The van der Waals surface area contributed by atoms with Crippen LogP contribution >= 0.6 is 0 Å². The first kappa shape index (κ1) is 24.0. The number of unbranched alkanes of at least 4 members (excludes halogenated alkanes) is 4. The molecule has 1 aliphatic rings. The summed E-state index contributed by atoms with van der Waals surface area (Å²) in [5.41, 5.74) is 2.82. The molecular formula is C28H36N2O2. The zero-order valence-corrected chi connectivity index (χ0v) is 19.4. The first-order valence-corrected chi connectivity index (χ1v) is 12.3. The molecule has 1 aliphatic carbocycles. The van der Waals surface area contributed by atoms with Crippen molar-refractivity contribution < 1.29 is 9.53 Å². The van der Waals surface area contributed by atoms with Gasteiger partial charge < -0.3 is 4.74 Å². The first-order chi connectivity index (χ1) is 15.7. The van der Waals surface area contributed by atoms with Crippen LogP contribution in [0.15, 0.2) is 42.6 Å². The second-order valence-electron chi connectivity index (χ2n) is 9.14. The summed E-state index contributed by atoms with van der Waals surface area (Å²) in [6.07, 6.45) is 15.6. The summed E-state index contributed by atoms with van der Waals surface area (Å²) in [6, 6.07) is 13.6. The number of rotatable bonds is 11. The van der Waals surface area contributed by atoms with Crippen LogP contribution in [0.4, 0.5) is 0 Å². The number of carbonyl (C=O) groups is 1. The molecule has 1 aromatic heterocycles. The van der Waals surface area contributed by atoms with Crippen molar-refractivity contribution >= 4 is 5.97 Å². The number of benzene rings is 1. The quantitative estimate of drug-likeness (QED) is 0.289. The lowest BCUT2D eigenvalue weighted by Crippen LogP contribution is -2.25. The zero-order valence-electron chi connectivity index (χ0n) is 19.4. The smallest absolute Gasteiger partial charge is 0.314 e. The van der Waals surface area contributed by atoms with Crippen molar-refractivity contribution in [2.24, 2.45) is 11.8 Å². The molecule has 1 heterocycles. The Balaban J connectivity index is 1.37. The molecule has 32 heavy (non-hydrogen) atoms. The van der Waals surface area contributed by atoms with E-state index >= 15 is 0 Å². The highest BCUT2D eigenvalue weighted by atomic mass is 16.5. The molecule has 0 saturated heterocycles. The van der Waals surface area contributed by atoms with Gasteiger partial charge in [0, 0.05) is 5.69 Å². The van der Waals surface area contributed by atoms with Crippen LogP contribution in [0.25, 0.3) is 0 Å². The van der Waals surface area contributed by atoms with Gasteiger partial charge in [-0.15, -0.1) is 0 Å². The predicted molar refractivity (Wildman–Crippen MR) is 127 cm³/mol. The van der Waals surface area contributed by atoms with Gasteiger partial charge in [-0.2, -0.15) is 5.26 Å². The fraction of sp³-hybridized carbons (Fsp3) is 0.536. The number of esters is 1. The molecule has 0 atom stereocenters. The fourth-order valence-corrected chi connectivity index (χ4v) is 4.56. The van der Waals surface area contributed by atoms with E-state index in [1.807, 2.05) is 36.4 Å². The number of aromatic nitrogens is 1. The summed E-state index contributed by atoms with van der Waals surface area (Å²) in [5.74, 6) is 1.26. The third kappa shape index (κ3) is 7.79. The van der Waals surface area contributed by atoms with Crippen molar-refractivity contribution in [1.29, 1.82) is 5.26 Å². The Labute approximate surface area is 193 Å². The number of aryl methyl sites for hydroxylation is 2. The molecule has 2 aromatic rings. The minimum atomic E-state index is -0.0986. The van der Waals surface area contributed by atoms with Gasteiger partial charge in [0.15, 0.2) is 0 Å². The van der Waals surface area contributed by atoms with Gasteiger partial charge in [0.1, 0.15) is 5.75 Å². The second-order valence-corrected chi connectivity index (χ2v) is 9.14. The lowest BCUT2D eigenvalue weighted by atomic mass is 9.80. The van der Waals surface area contributed by atoms with Gasteiger partial charge in [-0.25, -0.2) is 0 Å². The Kier molecular flexibility index (Phi) is 9.75. The van der Waals surface area contributed by atoms with Gasteiger partial charge in [-0.1, -0.05) is 57.6 Å². The highest BCUT2D eigenvalue weighted by molar-refractivity contribution is 5.75. The van der Waals surface area contributed by atoms with E-state index in [4.69, 9.17) is 10.00 Å². The highest BCUT2D eigenvalue weighted by Crippen LogP contribution is 2.33. The number of ether oxygens (including phenoxy) is 1. The topological polar surface area (TPSA) is 63.0 Å². The first-order valence-electron chi connectivity index (χ1n) is 12.3. The normalized spacial score (nSPS) is 18.1. The van der Waals surface area contributed by atoms with Crippen molar-refractivity contribution in [2.75, 3.05) is 0 Å². The van der Waals surface area contributed by atoms with Crippen LogP contribution in [0, 0.1) is 23.2 Å². The van der Waals surface area contributed by atoms with Crippen molar-refractivity contribution in [3.63, 3.8) is 0 Å². The van der Waals surface area contributed by atoms with Crippen LogP contribution in [0.3, 0.4) is 0 Å². The van der Waals surface area contributed by atoms with Crippen LogP contribution in [-0.4, -0.2) is 11.0 Å². The molecule has 3 rings (SSSR count). The Hall–Kier alpha value is -2.67. The summed E-state index contributed by atoms with van der Waals surface area (Å²) in [5, 5.41) is 8.88. The number of hydrogen-bond donors (Lipinski definition) is 0. The molecule has 0 aliphatic heterocycles. The van der Waals surface area contributed by atoms with Gasteiger partial charge in [0.05, 0.1) is 23.7 Å². The fourth-order valence-electron chi connectivity index (χ4n) is 4.56. The number of nitriles is 1. The van der Waals surface area contributed by atoms with E-state index in [-0.39, 0.29) is 11.9 Å². The number of carbonyl (C=O) groups excluding carboxylic acids is 1. The molecule has 0 unspecified atom stereocenters. The molecule has 1 saturated carbocycles. The Morgan fingerprint density at radius 3 is 2.41 bits per heavy atom. The third-order valence-electron chi connectivity index (χ3n) is 6.66. The standard InChI is InChI=1S/C28H36N2O2/c1-2-3-4-5-6-7-22-12-15-25(16-13-22)28(31)32-27-19-18-26(30-21-27)17-14-23-8-10-24(20-29)11-9-23/h8-11,18-19,21-22,25H,2-7,12-17H2,1H3. The van der Waals surface area contributed by atoms with E-state index in [0.717, 1.165) is 50.1 Å². The largest absolute Gasteiger partial charge is 0.425 e. The summed E-state index contributed by atoms with van der Waals surface area (Å²) >= 11 is 0. The van der Waals surface area contributed by atoms with Crippen molar-refractivity contribution in [3.8, 4) is 11.8 Å². The molecule has 4 nitrogen and oxygen atoms in total. The maximum atomic E-state index is 12.6. The molecule has 4 heteroatoms. The molecule has 0 N–H and O–H groups in total. The summed E-state index contributed by atoms with van der Waals surface area (Å²) in [6.45, 7) is 2.25. The molecule has 0 radical (unpaired) electrons. The summed E-state index contributed by atoms with van der Waals surface area (Å²) < 4.78 is 5.63. The van der Waals surface area contributed by atoms with Gasteiger partial charge in [0.2, 0.25) is 0 Å². The SMILES string of the molecule is CCCCCCCC1CCC(C(=O)Oc2ccc(CCc3ccc(C#N)cc3)nc2)CC1. The lowest BCUT2D eigenvalue weighted by Gasteiger charge is -2.27. The van der Waals surface area contributed by atoms with Crippen LogP contribution in [0.2, 0.25) is 0 Å². The predicted octanol–water partition coefficient (Wildman–Crippen LogP) is 6.81. The monoisotopic (exact) mass is 432 g/mol. The molecule has 170 valence electrons. The van der Waals surface area contributed by atoms with E-state index in [1.165, 1.54) is 44.1 Å². The summed E-state index contributed by atoms with van der Waals surface area (Å²) in [7, 11) is 0. The number of hydrogen-bond acceptors (Lipinski definition) is 4. The minimum Gasteiger partial charge on any atom is -0.425 e. The average molecular weight is 433 g/mol. The number of nitrogens with zero attached hydrogens (tertiary/aromatic N) is 2. The highest BCUT2D eigenvalue weighted by Gasteiger charge is 2.27. The van der Waals surface area contributed by atoms with E-state index in [1.54, 1.807) is 6.20 Å². The van der Waals surface area contributed by atoms with Gasteiger partial charge in [-0.05, 0) is 74.3 Å². The summed E-state index contributed by atoms with van der Waals surface area (Å²) in [4.78, 5) is 17.0. The van der Waals surface area contributed by atoms with Crippen LogP contribution in [-0.2, 0) is 17.6 Å². The Morgan fingerprint density at radius 1 is 1.00 bits per heavy atom. The van der Waals surface area contributed by atoms with Gasteiger partial charge in [-0.3, -0.25) is 9.78 Å². The van der Waals surface area contributed by atoms with Crippen molar-refractivity contribution in [1.82, 2.24) is 4.98 Å². The molecule has 0 bridgehead atoms. The molecule has 0 spiro atoms. The maximum Gasteiger partial charge on any atom is 0.314 e. The number of pyridine rings is 1. The molecule has 1 aromatic carbocycles. The van der Waals surface area contributed by atoms with Crippen molar-refractivity contribution in [2.45, 2.75) is 84.0 Å². The molecule has 1 fully saturated rings. The maximum absolute atomic E-state index is 12.6. The molecule has 0 amide bonds. The molecular weight excluding hydrogens is 396 g/mol. The van der Waals surface area contributed by atoms with E-state index < -0.39 is 0 Å². The van der Waals surface area contributed by atoms with Crippen LogP contribution < -0.4 is 4.74 Å². The average Bonchev–Trinajstić information content (AvgIpc) is 2.84. The third-order valence-corrected chi connectivity index (χ3v) is 6.66. The minimum absolute atomic E-state index is 0.0300. The second kappa shape index (κ2) is 13.0.